The maximum atomic E-state index is 12.9. The van der Waals surface area contributed by atoms with Gasteiger partial charge in [0.2, 0.25) is 5.91 Å². The Morgan fingerprint density at radius 1 is 1.12 bits per heavy atom. The number of carbonyl (C=O) groups is 1. The molecule has 1 heterocycles. The van der Waals surface area contributed by atoms with Gasteiger partial charge in [-0.2, -0.15) is 8.42 Å². The quantitative estimate of drug-likeness (QED) is 0.562. The molecule has 1 aliphatic heterocycles. The van der Waals surface area contributed by atoms with Crippen molar-refractivity contribution in [1.29, 1.82) is 0 Å². The summed E-state index contributed by atoms with van der Waals surface area (Å²) in [5.41, 5.74) is 0. The minimum Gasteiger partial charge on any atom is -0.338 e. The molecule has 0 spiro atoms. The molecule has 2 aliphatic rings. The van der Waals surface area contributed by atoms with Crippen LogP contribution in [0.25, 0.3) is 0 Å². The van der Waals surface area contributed by atoms with E-state index in [-0.39, 0.29) is 24.9 Å². The molecule has 2 fully saturated rings. The first-order valence-electron chi connectivity index (χ1n) is 6.21. The van der Waals surface area contributed by atoms with Gasteiger partial charge < -0.3 is 4.90 Å². The van der Waals surface area contributed by atoms with Crippen molar-refractivity contribution in [3.63, 3.8) is 0 Å². The summed E-state index contributed by atoms with van der Waals surface area (Å²) < 4.78 is 34.5. The second kappa shape index (κ2) is 4.92. The van der Waals surface area contributed by atoms with Gasteiger partial charge in [0.1, 0.15) is 5.25 Å². The van der Waals surface area contributed by atoms with E-state index >= 15 is 0 Å². The fourth-order valence-electron chi connectivity index (χ4n) is 2.81. The van der Waals surface area contributed by atoms with Crippen molar-refractivity contribution in [2.24, 2.45) is 0 Å². The van der Waals surface area contributed by atoms with Gasteiger partial charge in [0.25, 0.3) is 0 Å². The largest absolute Gasteiger partial charge is 0.338 e. The second-order valence-electron chi connectivity index (χ2n) is 4.99. The predicted molar refractivity (Wildman–Crippen MR) is 61.6 cm³/mol. The first kappa shape index (κ1) is 12.8. The fraction of sp³-hybridized carbons (Fsp3) is 0.909. The number of carbonyl (C=O) groups excluding carboxylic acids is 1. The number of halogens is 1. The Morgan fingerprint density at radius 2 is 1.71 bits per heavy atom. The average molecular weight is 263 g/mol. The number of hydrogen-bond acceptors (Lipinski definition) is 3. The molecule has 1 atom stereocenters. The van der Waals surface area contributed by atoms with E-state index in [2.05, 4.69) is 0 Å². The molecule has 1 saturated carbocycles. The number of hydrogen-bond donors (Lipinski definition) is 0. The van der Waals surface area contributed by atoms with Gasteiger partial charge in [0.05, 0.1) is 0 Å². The van der Waals surface area contributed by atoms with Gasteiger partial charge in [-0.15, -0.1) is 3.89 Å². The van der Waals surface area contributed by atoms with Crippen molar-refractivity contribution < 1.29 is 17.1 Å². The molecule has 0 N–H and O–H groups in total. The second-order valence-corrected chi connectivity index (χ2v) is 6.61. The van der Waals surface area contributed by atoms with Crippen molar-refractivity contribution in [2.45, 2.75) is 56.2 Å². The monoisotopic (exact) mass is 263 g/mol. The molecule has 4 nitrogen and oxygen atoms in total. The van der Waals surface area contributed by atoms with Crippen LogP contribution in [0.4, 0.5) is 3.89 Å². The predicted octanol–water partition coefficient (Wildman–Crippen LogP) is 1.61. The highest BCUT2D eigenvalue weighted by Crippen LogP contribution is 2.28. The molecule has 2 rings (SSSR count). The Hall–Kier alpha value is -0.650. The standard InChI is InChI=1S/C11H18FNO3S/c12-17(15,16)10-7-11(14)13(8-10)9-5-3-1-2-4-6-9/h9-10H,1-8H2. The maximum absolute atomic E-state index is 12.9. The molecule has 0 radical (unpaired) electrons. The smallest absolute Gasteiger partial charge is 0.307 e. The van der Waals surface area contributed by atoms with Crippen molar-refractivity contribution in [2.75, 3.05) is 6.54 Å². The Balaban J connectivity index is 2.04. The SMILES string of the molecule is O=C1CC(S(=O)(=O)F)CN1C1CCCCCC1. The summed E-state index contributed by atoms with van der Waals surface area (Å²) in [6.45, 7) is 0.0440. The van der Waals surface area contributed by atoms with Gasteiger partial charge in [-0.3, -0.25) is 4.79 Å². The summed E-state index contributed by atoms with van der Waals surface area (Å²) >= 11 is 0. The van der Waals surface area contributed by atoms with Gasteiger partial charge in [-0.1, -0.05) is 25.7 Å². The van der Waals surface area contributed by atoms with E-state index in [0.29, 0.717) is 0 Å². The van der Waals surface area contributed by atoms with Crippen LogP contribution in [0, 0.1) is 0 Å². The summed E-state index contributed by atoms with van der Waals surface area (Å²) in [6.07, 6.45) is 6.14. The lowest BCUT2D eigenvalue weighted by atomic mass is 10.1. The molecule has 0 aromatic heterocycles. The van der Waals surface area contributed by atoms with Crippen LogP contribution in [0.5, 0.6) is 0 Å². The minimum absolute atomic E-state index is 0.0440. The van der Waals surface area contributed by atoms with E-state index in [9.17, 15) is 17.1 Å². The number of nitrogens with zero attached hydrogens (tertiary/aromatic N) is 1. The topological polar surface area (TPSA) is 54.5 Å². The van der Waals surface area contributed by atoms with E-state index in [1.807, 2.05) is 0 Å². The summed E-state index contributed by atoms with van der Waals surface area (Å²) in [5.74, 6) is -0.205. The third-order valence-electron chi connectivity index (χ3n) is 3.79. The van der Waals surface area contributed by atoms with Crippen LogP contribution < -0.4 is 0 Å². The van der Waals surface area contributed by atoms with E-state index in [1.54, 1.807) is 4.90 Å². The molecule has 6 heteroatoms. The molecular formula is C11H18FNO3S. The Kier molecular flexibility index (Phi) is 3.70. The van der Waals surface area contributed by atoms with Gasteiger partial charge in [0.15, 0.2) is 0 Å². The number of rotatable bonds is 2. The highest BCUT2D eigenvalue weighted by atomic mass is 32.3. The van der Waals surface area contributed by atoms with Crippen LogP contribution in [0.1, 0.15) is 44.9 Å². The van der Waals surface area contributed by atoms with E-state index < -0.39 is 15.5 Å². The average Bonchev–Trinajstić information content (AvgIpc) is 2.50. The zero-order chi connectivity index (χ0) is 12.5. The zero-order valence-electron chi connectivity index (χ0n) is 9.77. The van der Waals surface area contributed by atoms with Gasteiger partial charge in [-0.25, -0.2) is 0 Å². The van der Waals surface area contributed by atoms with Crippen LogP contribution in [-0.2, 0) is 15.0 Å². The lowest BCUT2D eigenvalue weighted by Gasteiger charge is -2.26. The van der Waals surface area contributed by atoms with E-state index in [0.717, 1.165) is 25.7 Å². The van der Waals surface area contributed by atoms with Gasteiger partial charge in [-0.05, 0) is 12.8 Å². The lowest BCUT2D eigenvalue weighted by Crippen LogP contribution is -2.37. The highest BCUT2D eigenvalue weighted by Gasteiger charge is 2.40. The van der Waals surface area contributed by atoms with Crippen molar-refractivity contribution in [1.82, 2.24) is 4.90 Å². The molecule has 0 aromatic rings. The van der Waals surface area contributed by atoms with Gasteiger partial charge in [0, 0.05) is 19.0 Å². The summed E-state index contributed by atoms with van der Waals surface area (Å²) in [4.78, 5) is 13.3. The lowest BCUT2D eigenvalue weighted by molar-refractivity contribution is -0.129. The summed E-state index contributed by atoms with van der Waals surface area (Å²) in [7, 11) is -4.58. The zero-order valence-corrected chi connectivity index (χ0v) is 10.6. The summed E-state index contributed by atoms with van der Waals surface area (Å²) in [5, 5.41) is -1.14. The molecule has 1 unspecified atom stereocenters. The molecule has 98 valence electrons. The highest BCUT2D eigenvalue weighted by molar-refractivity contribution is 7.87. The van der Waals surface area contributed by atoms with Gasteiger partial charge >= 0.3 is 10.2 Å². The third kappa shape index (κ3) is 2.97. The van der Waals surface area contributed by atoms with E-state index in [1.165, 1.54) is 12.8 Å². The molecular weight excluding hydrogens is 245 g/mol. The van der Waals surface area contributed by atoms with Crippen LogP contribution in [0.3, 0.4) is 0 Å². The van der Waals surface area contributed by atoms with Crippen LogP contribution in [0.15, 0.2) is 0 Å². The molecule has 0 aromatic carbocycles. The summed E-state index contributed by atoms with van der Waals surface area (Å²) in [6, 6.07) is 0.122. The third-order valence-corrected chi connectivity index (χ3v) is 4.90. The van der Waals surface area contributed by atoms with Crippen LogP contribution in [0.2, 0.25) is 0 Å². The molecule has 0 bridgehead atoms. The minimum atomic E-state index is -4.58. The van der Waals surface area contributed by atoms with E-state index in [4.69, 9.17) is 0 Å². The maximum Gasteiger partial charge on any atom is 0.307 e. The Bertz CT molecular complexity index is 388. The first-order chi connectivity index (χ1) is 7.98. The van der Waals surface area contributed by atoms with Crippen molar-refractivity contribution in [3.05, 3.63) is 0 Å². The molecule has 17 heavy (non-hydrogen) atoms. The number of amides is 1. The normalized spacial score (nSPS) is 28.4. The molecule has 1 saturated heterocycles. The first-order valence-corrected chi connectivity index (χ1v) is 7.66. The number of likely N-dealkylation sites (tertiary alicyclic amines) is 1. The van der Waals surface area contributed by atoms with Crippen molar-refractivity contribution >= 4 is 16.1 Å². The van der Waals surface area contributed by atoms with Crippen molar-refractivity contribution in [3.8, 4) is 0 Å². The fourth-order valence-corrected chi connectivity index (χ4v) is 3.49. The van der Waals surface area contributed by atoms with Crippen LogP contribution >= 0.6 is 0 Å². The van der Waals surface area contributed by atoms with Crippen LogP contribution in [-0.4, -0.2) is 37.1 Å². The Labute approximate surface area is 101 Å². The Morgan fingerprint density at radius 3 is 2.18 bits per heavy atom. The molecule has 1 aliphatic carbocycles. The molecule has 1 amide bonds.